The van der Waals surface area contributed by atoms with Crippen LogP contribution in [0.1, 0.15) is 30.5 Å². The van der Waals surface area contributed by atoms with Crippen LogP contribution in [-0.4, -0.2) is 19.1 Å². The molecule has 3 nitrogen and oxygen atoms in total. The Morgan fingerprint density at radius 3 is 1.96 bits per heavy atom. The van der Waals surface area contributed by atoms with Crippen molar-refractivity contribution in [2.24, 2.45) is 0 Å². The number of halogens is 2. The summed E-state index contributed by atoms with van der Waals surface area (Å²) in [5.74, 6) is -0.867. The van der Waals surface area contributed by atoms with Crippen LogP contribution >= 0.6 is 0 Å². The van der Waals surface area contributed by atoms with E-state index in [0.29, 0.717) is 18.7 Å². The Morgan fingerprint density at radius 2 is 1.50 bits per heavy atom. The molecule has 0 radical (unpaired) electrons. The molecule has 0 bridgehead atoms. The smallest absolute Gasteiger partial charge is 0.144 e. The van der Waals surface area contributed by atoms with Crippen LogP contribution < -0.4 is 4.74 Å². The van der Waals surface area contributed by atoms with E-state index in [1.165, 1.54) is 18.2 Å². The number of hydrogen-bond acceptors (Lipinski definition) is 3. The van der Waals surface area contributed by atoms with Gasteiger partial charge in [0.25, 0.3) is 0 Å². The van der Waals surface area contributed by atoms with Gasteiger partial charge in [0.2, 0.25) is 0 Å². The van der Waals surface area contributed by atoms with Gasteiger partial charge in [-0.15, -0.1) is 0 Å². The number of methoxy groups -OCH3 is 1. The summed E-state index contributed by atoms with van der Waals surface area (Å²) in [6.07, 6.45) is 0. The highest BCUT2D eigenvalue weighted by Gasteiger charge is 2.12. The van der Waals surface area contributed by atoms with Gasteiger partial charge in [-0.25, -0.2) is 8.78 Å². The Hall–Kier alpha value is -2.45. The molecule has 0 saturated heterocycles. The highest BCUT2D eigenvalue weighted by Crippen LogP contribution is 2.17. The molecule has 24 heavy (non-hydrogen) atoms. The molecule has 0 aliphatic heterocycles. The molecule has 5 heteroatoms. The third kappa shape index (κ3) is 5.32. The van der Waals surface area contributed by atoms with Gasteiger partial charge in [0.1, 0.15) is 29.0 Å². The van der Waals surface area contributed by atoms with Gasteiger partial charge in [0, 0.05) is 13.1 Å². The molecule has 0 amide bonds. The molecule has 2 rings (SSSR count). The van der Waals surface area contributed by atoms with Crippen molar-refractivity contribution in [3.8, 4) is 11.8 Å². The third-order valence-electron chi connectivity index (χ3n) is 3.28. The first-order valence-electron chi connectivity index (χ1n) is 7.73. The van der Waals surface area contributed by atoms with E-state index in [0.717, 1.165) is 11.3 Å². The van der Waals surface area contributed by atoms with Gasteiger partial charge in [-0.2, -0.15) is 5.26 Å². The second kappa shape index (κ2) is 9.64. The average Bonchev–Trinajstić information content (AvgIpc) is 2.57. The summed E-state index contributed by atoms with van der Waals surface area (Å²) in [5, 5.41) is 8.66. The Bertz CT molecular complexity index is 670. The largest absolute Gasteiger partial charge is 0.497 e. The van der Waals surface area contributed by atoms with Crippen molar-refractivity contribution in [3.63, 3.8) is 0 Å². The molecular weight excluding hydrogens is 310 g/mol. The van der Waals surface area contributed by atoms with Crippen molar-refractivity contribution in [2.75, 3.05) is 14.2 Å². The van der Waals surface area contributed by atoms with Gasteiger partial charge in [-0.05, 0) is 42.4 Å². The van der Waals surface area contributed by atoms with Crippen molar-refractivity contribution in [2.45, 2.75) is 26.9 Å². The van der Waals surface area contributed by atoms with E-state index < -0.39 is 17.2 Å². The van der Waals surface area contributed by atoms with E-state index in [2.05, 4.69) is 0 Å². The predicted octanol–water partition coefficient (Wildman–Crippen LogP) is 4.50. The molecule has 0 aromatic heterocycles. The van der Waals surface area contributed by atoms with Crippen LogP contribution in [0.3, 0.4) is 0 Å². The fourth-order valence-electron chi connectivity index (χ4n) is 2.23. The molecular formula is C19H22F2N2O. The second-order valence-corrected chi connectivity index (χ2v) is 5.07. The number of nitriles is 1. The van der Waals surface area contributed by atoms with Gasteiger partial charge in [-0.3, -0.25) is 4.90 Å². The maximum atomic E-state index is 13.6. The normalized spacial score (nSPS) is 9.92. The van der Waals surface area contributed by atoms with Gasteiger partial charge < -0.3 is 4.74 Å². The summed E-state index contributed by atoms with van der Waals surface area (Å²) in [4.78, 5) is 1.93. The second-order valence-electron chi connectivity index (χ2n) is 5.07. The van der Waals surface area contributed by atoms with Crippen LogP contribution in [0.15, 0.2) is 36.4 Å². The molecule has 2 aromatic rings. The number of hydrogen-bond donors (Lipinski definition) is 0. The van der Waals surface area contributed by atoms with E-state index in [4.69, 9.17) is 10.00 Å². The molecule has 0 saturated carbocycles. The first-order valence-corrected chi connectivity index (χ1v) is 7.73. The highest BCUT2D eigenvalue weighted by atomic mass is 19.1. The summed E-state index contributed by atoms with van der Waals surface area (Å²) in [5.41, 5.74) is 1.02. The van der Waals surface area contributed by atoms with Gasteiger partial charge in [-0.1, -0.05) is 26.0 Å². The maximum absolute atomic E-state index is 13.6. The Kier molecular flexibility index (Phi) is 7.87. The quantitative estimate of drug-likeness (QED) is 0.808. The molecule has 0 atom stereocenters. The third-order valence-corrected chi connectivity index (χ3v) is 3.28. The van der Waals surface area contributed by atoms with Crippen LogP contribution in [0.25, 0.3) is 0 Å². The van der Waals surface area contributed by atoms with Crippen LogP contribution in [0, 0.1) is 23.0 Å². The summed E-state index contributed by atoms with van der Waals surface area (Å²) >= 11 is 0. The molecule has 0 fully saturated rings. The molecule has 0 heterocycles. The Labute approximate surface area is 142 Å². The van der Waals surface area contributed by atoms with Crippen LogP contribution in [0.5, 0.6) is 5.75 Å². The lowest BCUT2D eigenvalue weighted by molar-refractivity contribution is 0.317. The maximum Gasteiger partial charge on any atom is 0.144 e. The molecule has 0 aliphatic rings. The molecule has 0 N–H and O–H groups in total. The van der Waals surface area contributed by atoms with Gasteiger partial charge >= 0.3 is 0 Å². The molecule has 128 valence electrons. The van der Waals surface area contributed by atoms with Crippen molar-refractivity contribution < 1.29 is 13.5 Å². The monoisotopic (exact) mass is 332 g/mol. The lowest BCUT2D eigenvalue weighted by Crippen LogP contribution is -2.17. The van der Waals surface area contributed by atoms with E-state index >= 15 is 0 Å². The number of nitrogens with zero attached hydrogens (tertiary/aromatic N) is 2. The van der Waals surface area contributed by atoms with E-state index in [9.17, 15) is 8.78 Å². The zero-order chi connectivity index (χ0) is 18.1. The minimum atomic E-state index is -0.824. The fourth-order valence-corrected chi connectivity index (χ4v) is 2.23. The van der Waals surface area contributed by atoms with Crippen molar-refractivity contribution in [3.05, 3.63) is 64.7 Å². The summed E-state index contributed by atoms with van der Waals surface area (Å²) in [6, 6.07) is 11.5. The number of rotatable bonds is 5. The molecule has 0 aliphatic carbocycles. The zero-order valence-electron chi connectivity index (χ0n) is 14.4. The number of ether oxygens (including phenoxy) is 1. The standard InChI is InChI=1S/C17H16F2N2O.C2H6/c1-21(10-12-3-5-14(22-2)6-4-12)11-13-7-16(18)15(9-20)17(19)8-13;1-2/h3-8H,10-11H2,1-2H3;1-2H3. The minimum Gasteiger partial charge on any atom is -0.497 e. The van der Waals surface area contributed by atoms with Gasteiger partial charge in [0.15, 0.2) is 0 Å². The summed E-state index contributed by atoms with van der Waals surface area (Å²) in [6.45, 7) is 5.01. The molecule has 0 spiro atoms. The predicted molar refractivity (Wildman–Crippen MR) is 90.6 cm³/mol. The zero-order valence-corrected chi connectivity index (χ0v) is 14.4. The fraction of sp³-hybridized carbons (Fsp3) is 0.316. The van der Waals surface area contributed by atoms with Crippen LogP contribution in [0.2, 0.25) is 0 Å². The van der Waals surface area contributed by atoms with Crippen LogP contribution in [-0.2, 0) is 13.1 Å². The summed E-state index contributed by atoms with van der Waals surface area (Å²) < 4.78 is 32.2. The summed E-state index contributed by atoms with van der Waals surface area (Å²) in [7, 11) is 3.47. The first-order chi connectivity index (χ1) is 11.5. The van der Waals surface area contributed by atoms with E-state index in [1.807, 2.05) is 50.1 Å². The lowest BCUT2D eigenvalue weighted by atomic mass is 10.1. The topological polar surface area (TPSA) is 36.3 Å². The van der Waals surface area contributed by atoms with E-state index in [1.54, 1.807) is 7.11 Å². The van der Waals surface area contributed by atoms with E-state index in [-0.39, 0.29) is 0 Å². The first kappa shape index (κ1) is 19.6. The Morgan fingerprint density at radius 1 is 1.00 bits per heavy atom. The minimum absolute atomic E-state index is 0.381. The SMILES string of the molecule is CC.COc1ccc(CN(C)Cc2cc(F)c(C#N)c(F)c2)cc1. The van der Waals surface area contributed by atoms with Crippen molar-refractivity contribution in [1.29, 1.82) is 5.26 Å². The molecule has 2 aromatic carbocycles. The van der Waals surface area contributed by atoms with Crippen molar-refractivity contribution >= 4 is 0 Å². The molecule has 0 unspecified atom stereocenters. The van der Waals surface area contributed by atoms with Gasteiger partial charge in [0.05, 0.1) is 7.11 Å². The lowest BCUT2D eigenvalue weighted by Gasteiger charge is -2.17. The number of benzene rings is 2. The van der Waals surface area contributed by atoms with Crippen molar-refractivity contribution in [1.82, 2.24) is 4.90 Å². The average molecular weight is 332 g/mol. The Balaban J connectivity index is 0.00000139. The highest BCUT2D eigenvalue weighted by molar-refractivity contribution is 5.35. The van der Waals surface area contributed by atoms with Crippen LogP contribution in [0.4, 0.5) is 8.78 Å².